The normalized spacial score (nSPS) is 21.3. The van der Waals surface area contributed by atoms with Crippen LogP contribution in [0, 0.1) is 16.7 Å². The molecule has 2 aromatic rings. The number of likely N-dealkylation sites (N-methyl/N-ethyl adjacent to an activating group) is 1. The molecule has 0 aliphatic carbocycles. The molecule has 0 saturated carbocycles. The third-order valence-corrected chi connectivity index (χ3v) is 7.90. The highest BCUT2D eigenvalue weighted by Crippen LogP contribution is 2.46. The average molecular weight is 564 g/mol. The number of nitrogens with one attached hydrogen (secondary N) is 2. The first-order chi connectivity index (χ1) is 18.8. The summed E-state index contributed by atoms with van der Waals surface area (Å²) in [6.07, 6.45) is 0.488. The smallest absolute Gasteiger partial charge is 0.251 e. The van der Waals surface area contributed by atoms with Crippen LogP contribution in [0.4, 0.5) is 5.69 Å². The van der Waals surface area contributed by atoms with Gasteiger partial charge < -0.3 is 20.4 Å². The number of amides is 4. The first-order valence-electron chi connectivity index (χ1n) is 13.2. The Morgan fingerprint density at radius 3 is 2.48 bits per heavy atom. The highest BCUT2D eigenvalue weighted by atomic mass is 35.5. The lowest BCUT2D eigenvalue weighted by Gasteiger charge is -2.36. The summed E-state index contributed by atoms with van der Waals surface area (Å²) in [4.78, 5) is 56.4. The zero-order chi connectivity index (χ0) is 29.4. The number of fused-ring (bicyclic) bond motifs is 2. The lowest BCUT2D eigenvalue weighted by atomic mass is 9.80. The molecule has 2 heterocycles. The standard InChI is InChI=1S/C30H34ClN5O4/c1-18(33-25(37)19-10-12-20(31)13-11-19)26(38)35(5)24(15-29(2,3)4)27(39)36-17-30(14-21(36)16-32)22-8-6-7-9-23(22)34-28(30)40/h6-13,18,21,24H,14-15,17H2,1-5H3,(H,33,37)(H,34,40)/t18-,21-,24-,30-/m0/s1. The molecule has 0 bridgehead atoms. The van der Waals surface area contributed by atoms with Gasteiger partial charge in [0.05, 0.1) is 11.5 Å². The third-order valence-electron chi connectivity index (χ3n) is 7.65. The van der Waals surface area contributed by atoms with Crippen LogP contribution in [0.25, 0.3) is 0 Å². The first-order valence-corrected chi connectivity index (χ1v) is 13.6. The Bertz CT molecular complexity index is 1380. The van der Waals surface area contributed by atoms with E-state index in [1.165, 1.54) is 16.8 Å². The minimum Gasteiger partial charge on any atom is -0.341 e. The molecule has 210 valence electrons. The van der Waals surface area contributed by atoms with E-state index in [9.17, 15) is 24.4 Å². The second-order valence-electron chi connectivity index (χ2n) is 11.8. The van der Waals surface area contributed by atoms with Gasteiger partial charge >= 0.3 is 0 Å². The molecule has 10 heteroatoms. The molecule has 0 radical (unpaired) electrons. The summed E-state index contributed by atoms with van der Waals surface area (Å²) in [7, 11) is 1.53. The van der Waals surface area contributed by atoms with Gasteiger partial charge in [-0.2, -0.15) is 5.26 Å². The average Bonchev–Trinajstić information content (AvgIpc) is 3.43. The van der Waals surface area contributed by atoms with Crippen LogP contribution in [-0.2, 0) is 19.8 Å². The molecule has 40 heavy (non-hydrogen) atoms. The molecule has 1 saturated heterocycles. The molecular formula is C30H34ClN5O4. The van der Waals surface area contributed by atoms with Crippen molar-refractivity contribution in [2.24, 2.45) is 5.41 Å². The largest absolute Gasteiger partial charge is 0.341 e. The van der Waals surface area contributed by atoms with Crippen molar-refractivity contribution in [3.8, 4) is 6.07 Å². The molecule has 2 aromatic carbocycles. The van der Waals surface area contributed by atoms with Crippen molar-refractivity contribution in [3.05, 3.63) is 64.7 Å². The number of halogens is 1. The summed E-state index contributed by atoms with van der Waals surface area (Å²) in [5.41, 5.74) is 0.430. The minimum atomic E-state index is -1.03. The second kappa shape index (κ2) is 10.9. The molecule has 0 unspecified atom stereocenters. The van der Waals surface area contributed by atoms with Crippen molar-refractivity contribution >= 4 is 40.9 Å². The fourth-order valence-corrected chi connectivity index (χ4v) is 5.68. The van der Waals surface area contributed by atoms with Gasteiger partial charge in [0.2, 0.25) is 17.7 Å². The number of carbonyl (C=O) groups excluding carboxylic acids is 4. The molecule has 1 spiro atoms. The minimum absolute atomic E-state index is 0.0401. The van der Waals surface area contributed by atoms with Crippen LogP contribution in [0.3, 0.4) is 0 Å². The van der Waals surface area contributed by atoms with Gasteiger partial charge in [-0.25, -0.2) is 0 Å². The highest BCUT2D eigenvalue weighted by molar-refractivity contribution is 6.30. The molecule has 2 aliphatic rings. The number of para-hydroxylation sites is 1. The Balaban J connectivity index is 1.58. The van der Waals surface area contributed by atoms with Crippen LogP contribution in [0.2, 0.25) is 5.02 Å². The van der Waals surface area contributed by atoms with Crippen molar-refractivity contribution in [3.63, 3.8) is 0 Å². The van der Waals surface area contributed by atoms with Crippen LogP contribution >= 0.6 is 11.6 Å². The van der Waals surface area contributed by atoms with Crippen molar-refractivity contribution in [2.75, 3.05) is 18.9 Å². The van der Waals surface area contributed by atoms with Gasteiger partial charge in [0.15, 0.2) is 0 Å². The van der Waals surface area contributed by atoms with Crippen LogP contribution in [-0.4, -0.2) is 65.1 Å². The monoisotopic (exact) mass is 563 g/mol. The molecule has 4 amide bonds. The Labute approximate surface area is 239 Å². The number of rotatable bonds is 6. The highest BCUT2D eigenvalue weighted by Gasteiger charge is 2.56. The van der Waals surface area contributed by atoms with Gasteiger partial charge in [-0.05, 0) is 54.7 Å². The number of hydrogen-bond donors (Lipinski definition) is 2. The van der Waals surface area contributed by atoms with E-state index in [-0.39, 0.29) is 24.3 Å². The maximum absolute atomic E-state index is 14.1. The SMILES string of the molecule is C[C@H](NC(=O)c1ccc(Cl)cc1)C(=O)N(C)[C@@H](CC(C)(C)C)C(=O)N1C[C@]2(C[C@H]1C#N)C(=O)Nc1ccccc12. The Morgan fingerprint density at radius 2 is 1.85 bits per heavy atom. The Hall–Kier alpha value is -3.90. The summed E-state index contributed by atoms with van der Waals surface area (Å²) in [5.74, 6) is -1.53. The molecule has 4 rings (SSSR count). The van der Waals surface area contributed by atoms with E-state index in [1.807, 2.05) is 45.0 Å². The van der Waals surface area contributed by atoms with Crippen molar-refractivity contribution in [2.45, 2.75) is 64.1 Å². The lowest BCUT2D eigenvalue weighted by Crippen LogP contribution is -2.56. The van der Waals surface area contributed by atoms with Gasteiger partial charge in [-0.15, -0.1) is 0 Å². The van der Waals surface area contributed by atoms with Crippen molar-refractivity contribution in [1.82, 2.24) is 15.1 Å². The number of carbonyl (C=O) groups is 4. The van der Waals surface area contributed by atoms with Crippen molar-refractivity contribution in [1.29, 1.82) is 5.26 Å². The second-order valence-corrected chi connectivity index (χ2v) is 12.3. The molecule has 4 atom stereocenters. The van der Waals surface area contributed by atoms with E-state index in [4.69, 9.17) is 11.6 Å². The maximum atomic E-state index is 14.1. The molecule has 1 fully saturated rings. The third kappa shape index (κ3) is 5.54. The van der Waals surface area contributed by atoms with Gasteiger partial charge in [-0.3, -0.25) is 19.2 Å². The maximum Gasteiger partial charge on any atom is 0.251 e. The Kier molecular flexibility index (Phi) is 7.95. The molecule has 2 N–H and O–H groups in total. The topological polar surface area (TPSA) is 123 Å². The van der Waals surface area contributed by atoms with E-state index in [0.717, 1.165) is 5.56 Å². The molecule has 9 nitrogen and oxygen atoms in total. The fourth-order valence-electron chi connectivity index (χ4n) is 5.55. The zero-order valence-corrected chi connectivity index (χ0v) is 24.1. The summed E-state index contributed by atoms with van der Waals surface area (Å²) in [6.45, 7) is 7.49. The van der Waals surface area contributed by atoms with E-state index in [2.05, 4.69) is 16.7 Å². The molecular weight excluding hydrogens is 530 g/mol. The number of hydrogen-bond acceptors (Lipinski definition) is 5. The number of nitriles is 1. The Morgan fingerprint density at radius 1 is 1.20 bits per heavy atom. The molecule has 2 aliphatic heterocycles. The predicted octanol–water partition coefficient (Wildman–Crippen LogP) is 3.74. The van der Waals surface area contributed by atoms with E-state index in [0.29, 0.717) is 22.7 Å². The number of likely N-dealkylation sites (tertiary alicyclic amines) is 1. The molecule has 0 aromatic heterocycles. The zero-order valence-electron chi connectivity index (χ0n) is 23.3. The number of benzene rings is 2. The van der Waals surface area contributed by atoms with Gasteiger partial charge in [0, 0.05) is 36.3 Å². The van der Waals surface area contributed by atoms with E-state index < -0.39 is 41.3 Å². The van der Waals surface area contributed by atoms with Crippen molar-refractivity contribution < 1.29 is 19.2 Å². The summed E-state index contributed by atoms with van der Waals surface area (Å²) in [6, 6.07) is 13.2. The fraction of sp³-hybridized carbons (Fsp3) is 0.433. The van der Waals surface area contributed by atoms with Gasteiger partial charge in [0.1, 0.15) is 18.1 Å². The first kappa shape index (κ1) is 29.1. The van der Waals surface area contributed by atoms with E-state index >= 15 is 0 Å². The number of nitrogens with zero attached hydrogens (tertiary/aromatic N) is 3. The predicted molar refractivity (Wildman–Crippen MR) is 151 cm³/mol. The quantitative estimate of drug-likeness (QED) is 0.554. The van der Waals surface area contributed by atoms with Crippen LogP contribution < -0.4 is 10.6 Å². The van der Waals surface area contributed by atoms with Crippen LogP contribution in [0.15, 0.2) is 48.5 Å². The van der Waals surface area contributed by atoms with Crippen LogP contribution in [0.1, 0.15) is 56.5 Å². The number of anilines is 1. The van der Waals surface area contributed by atoms with Crippen LogP contribution in [0.5, 0.6) is 0 Å². The van der Waals surface area contributed by atoms with E-state index in [1.54, 1.807) is 31.2 Å². The summed E-state index contributed by atoms with van der Waals surface area (Å²) in [5, 5.41) is 16.1. The summed E-state index contributed by atoms with van der Waals surface area (Å²) >= 11 is 5.91. The lowest BCUT2D eigenvalue weighted by molar-refractivity contribution is -0.146. The summed E-state index contributed by atoms with van der Waals surface area (Å²) < 4.78 is 0. The van der Waals surface area contributed by atoms with Gasteiger partial charge in [-0.1, -0.05) is 50.6 Å². The van der Waals surface area contributed by atoms with Gasteiger partial charge in [0.25, 0.3) is 5.91 Å².